The SMILES string of the molecule is Cc1cc(Cl)nc(NC(=O)COC2CCNCC2)n1. The highest BCUT2D eigenvalue weighted by molar-refractivity contribution is 6.29. The monoisotopic (exact) mass is 284 g/mol. The highest BCUT2D eigenvalue weighted by Crippen LogP contribution is 2.10. The normalized spacial score (nSPS) is 16.3. The summed E-state index contributed by atoms with van der Waals surface area (Å²) in [4.78, 5) is 19.7. The number of carbonyl (C=O) groups excluding carboxylic acids is 1. The van der Waals surface area contributed by atoms with E-state index in [1.54, 1.807) is 13.0 Å². The molecule has 0 atom stereocenters. The molecule has 19 heavy (non-hydrogen) atoms. The number of ether oxygens (including phenoxy) is 1. The predicted octanol–water partition coefficient (Wildman–Crippen LogP) is 1.15. The molecule has 2 rings (SSSR count). The molecule has 1 aromatic heterocycles. The molecule has 0 radical (unpaired) electrons. The zero-order chi connectivity index (χ0) is 13.7. The van der Waals surface area contributed by atoms with Gasteiger partial charge in [-0.1, -0.05) is 11.6 Å². The van der Waals surface area contributed by atoms with Crippen molar-refractivity contribution in [2.75, 3.05) is 25.0 Å². The molecule has 0 bridgehead atoms. The van der Waals surface area contributed by atoms with Crippen LogP contribution in [0.15, 0.2) is 6.07 Å². The minimum absolute atomic E-state index is 0.0135. The lowest BCUT2D eigenvalue weighted by Crippen LogP contribution is -2.34. The maximum Gasteiger partial charge on any atom is 0.252 e. The van der Waals surface area contributed by atoms with Crippen molar-refractivity contribution in [2.45, 2.75) is 25.9 Å². The molecule has 1 aliphatic heterocycles. The fraction of sp³-hybridized carbons (Fsp3) is 0.583. The summed E-state index contributed by atoms with van der Waals surface area (Å²) in [7, 11) is 0. The Balaban J connectivity index is 1.80. The summed E-state index contributed by atoms with van der Waals surface area (Å²) in [5.74, 6) is -0.0517. The first-order valence-corrected chi connectivity index (χ1v) is 6.64. The highest BCUT2D eigenvalue weighted by Gasteiger charge is 2.15. The number of carbonyl (C=O) groups is 1. The number of hydrogen-bond donors (Lipinski definition) is 2. The molecule has 0 aromatic carbocycles. The Bertz CT molecular complexity index is 429. The number of nitrogens with zero attached hydrogens (tertiary/aromatic N) is 2. The minimum atomic E-state index is -0.264. The van der Waals surface area contributed by atoms with Crippen molar-refractivity contribution in [2.24, 2.45) is 0 Å². The van der Waals surface area contributed by atoms with E-state index in [0.717, 1.165) is 25.9 Å². The van der Waals surface area contributed by atoms with Gasteiger partial charge in [0.05, 0.1) is 6.10 Å². The van der Waals surface area contributed by atoms with Crippen molar-refractivity contribution in [1.29, 1.82) is 0 Å². The second-order valence-corrected chi connectivity index (χ2v) is 4.85. The Morgan fingerprint density at radius 2 is 2.26 bits per heavy atom. The Morgan fingerprint density at radius 3 is 2.95 bits per heavy atom. The van der Waals surface area contributed by atoms with E-state index in [1.807, 2.05) is 0 Å². The van der Waals surface area contributed by atoms with E-state index in [1.165, 1.54) is 0 Å². The average Bonchev–Trinajstić information content (AvgIpc) is 2.36. The Kier molecular flexibility index (Phi) is 5.07. The third-order valence-electron chi connectivity index (χ3n) is 2.81. The number of aryl methyl sites for hydroxylation is 1. The molecule has 1 amide bonds. The van der Waals surface area contributed by atoms with Crippen LogP contribution in [0.2, 0.25) is 5.15 Å². The molecule has 7 heteroatoms. The van der Waals surface area contributed by atoms with E-state index < -0.39 is 0 Å². The molecule has 6 nitrogen and oxygen atoms in total. The van der Waals surface area contributed by atoms with Crippen LogP contribution in [0.1, 0.15) is 18.5 Å². The van der Waals surface area contributed by atoms with Gasteiger partial charge in [-0.15, -0.1) is 0 Å². The van der Waals surface area contributed by atoms with Crippen molar-refractivity contribution >= 4 is 23.5 Å². The molecule has 1 saturated heterocycles. The fourth-order valence-corrected chi connectivity index (χ4v) is 2.14. The van der Waals surface area contributed by atoms with Gasteiger partial charge in [0.2, 0.25) is 5.95 Å². The molecule has 2 heterocycles. The van der Waals surface area contributed by atoms with Crippen molar-refractivity contribution < 1.29 is 9.53 Å². The summed E-state index contributed by atoms with van der Waals surface area (Å²) in [6.45, 7) is 3.67. The highest BCUT2D eigenvalue weighted by atomic mass is 35.5. The smallest absolute Gasteiger partial charge is 0.252 e. The third-order valence-corrected chi connectivity index (χ3v) is 3.00. The molecule has 1 aromatic rings. The number of piperidine rings is 1. The van der Waals surface area contributed by atoms with Gasteiger partial charge in [0.25, 0.3) is 5.91 Å². The summed E-state index contributed by atoms with van der Waals surface area (Å²) in [6, 6.07) is 1.63. The molecule has 2 N–H and O–H groups in total. The fourth-order valence-electron chi connectivity index (χ4n) is 1.90. The molecule has 104 valence electrons. The zero-order valence-electron chi connectivity index (χ0n) is 10.8. The quantitative estimate of drug-likeness (QED) is 0.811. The van der Waals surface area contributed by atoms with Gasteiger partial charge in [0, 0.05) is 5.69 Å². The topological polar surface area (TPSA) is 76.1 Å². The van der Waals surface area contributed by atoms with Gasteiger partial charge in [0.15, 0.2) is 0 Å². The average molecular weight is 285 g/mol. The van der Waals surface area contributed by atoms with Gasteiger partial charge >= 0.3 is 0 Å². The van der Waals surface area contributed by atoms with Crippen LogP contribution in [0.25, 0.3) is 0 Å². The van der Waals surface area contributed by atoms with Crippen LogP contribution in [0, 0.1) is 6.92 Å². The van der Waals surface area contributed by atoms with E-state index in [0.29, 0.717) is 10.8 Å². The number of amides is 1. The van der Waals surface area contributed by atoms with Gasteiger partial charge in [-0.25, -0.2) is 9.97 Å². The van der Waals surface area contributed by atoms with Crippen LogP contribution in [0.5, 0.6) is 0 Å². The zero-order valence-corrected chi connectivity index (χ0v) is 11.5. The summed E-state index contributed by atoms with van der Waals surface area (Å²) in [5, 5.41) is 6.12. The lowest BCUT2D eigenvalue weighted by atomic mass is 10.1. The molecular formula is C12H17ClN4O2. The Labute approximate surface area is 116 Å². The van der Waals surface area contributed by atoms with Crippen molar-refractivity contribution in [1.82, 2.24) is 15.3 Å². The van der Waals surface area contributed by atoms with Gasteiger partial charge in [-0.3, -0.25) is 10.1 Å². The van der Waals surface area contributed by atoms with Crippen LogP contribution >= 0.6 is 11.6 Å². The van der Waals surface area contributed by atoms with Crippen molar-refractivity contribution in [3.63, 3.8) is 0 Å². The maximum absolute atomic E-state index is 11.7. The molecule has 0 spiro atoms. The van der Waals surface area contributed by atoms with Crippen molar-refractivity contribution in [3.05, 3.63) is 16.9 Å². The summed E-state index contributed by atoms with van der Waals surface area (Å²) in [6.07, 6.45) is 2.01. The number of hydrogen-bond acceptors (Lipinski definition) is 5. The van der Waals surface area contributed by atoms with Crippen LogP contribution in [-0.4, -0.2) is 41.7 Å². The van der Waals surface area contributed by atoms with E-state index in [-0.39, 0.29) is 24.6 Å². The number of anilines is 1. The lowest BCUT2D eigenvalue weighted by Gasteiger charge is -2.22. The molecule has 1 aliphatic rings. The Morgan fingerprint density at radius 1 is 1.53 bits per heavy atom. The van der Waals surface area contributed by atoms with Crippen LogP contribution in [-0.2, 0) is 9.53 Å². The van der Waals surface area contributed by atoms with Gasteiger partial charge in [-0.05, 0) is 38.9 Å². The third kappa shape index (κ3) is 4.74. The second-order valence-electron chi connectivity index (χ2n) is 4.46. The summed E-state index contributed by atoms with van der Waals surface area (Å²) < 4.78 is 5.54. The van der Waals surface area contributed by atoms with E-state index in [2.05, 4.69) is 20.6 Å². The van der Waals surface area contributed by atoms with Crippen LogP contribution < -0.4 is 10.6 Å². The molecule has 0 saturated carbocycles. The molecule has 0 unspecified atom stereocenters. The molecule has 1 fully saturated rings. The molecule has 0 aliphatic carbocycles. The first kappa shape index (κ1) is 14.2. The van der Waals surface area contributed by atoms with Crippen molar-refractivity contribution in [3.8, 4) is 0 Å². The Hall–Kier alpha value is -1.24. The van der Waals surface area contributed by atoms with E-state index in [4.69, 9.17) is 16.3 Å². The molecular weight excluding hydrogens is 268 g/mol. The van der Waals surface area contributed by atoms with E-state index >= 15 is 0 Å². The number of aromatic nitrogens is 2. The van der Waals surface area contributed by atoms with Crippen LogP contribution in [0.3, 0.4) is 0 Å². The van der Waals surface area contributed by atoms with E-state index in [9.17, 15) is 4.79 Å². The number of halogens is 1. The lowest BCUT2D eigenvalue weighted by molar-refractivity contribution is -0.123. The second kappa shape index (κ2) is 6.79. The largest absolute Gasteiger partial charge is 0.368 e. The van der Waals surface area contributed by atoms with Gasteiger partial charge in [-0.2, -0.15) is 0 Å². The predicted molar refractivity (Wildman–Crippen MR) is 72.3 cm³/mol. The van der Waals surface area contributed by atoms with Crippen LogP contribution in [0.4, 0.5) is 5.95 Å². The standard InChI is InChI=1S/C12H17ClN4O2/c1-8-6-10(13)16-12(15-8)17-11(18)7-19-9-2-4-14-5-3-9/h6,9,14H,2-5,7H2,1H3,(H,15,16,17,18). The summed E-state index contributed by atoms with van der Waals surface area (Å²) >= 11 is 5.79. The number of rotatable bonds is 4. The van der Waals surface area contributed by atoms with Gasteiger partial charge < -0.3 is 10.1 Å². The summed E-state index contributed by atoms with van der Waals surface area (Å²) in [5.41, 5.74) is 0.703. The first-order valence-electron chi connectivity index (χ1n) is 6.27. The van der Waals surface area contributed by atoms with Gasteiger partial charge in [0.1, 0.15) is 11.8 Å². The number of nitrogens with one attached hydrogen (secondary N) is 2. The maximum atomic E-state index is 11.7. The first-order chi connectivity index (χ1) is 9.13. The minimum Gasteiger partial charge on any atom is -0.368 e.